The van der Waals surface area contributed by atoms with Gasteiger partial charge in [0.05, 0.1) is 24.2 Å². The molecule has 0 atom stereocenters. The first kappa shape index (κ1) is 18.8. The van der Waals surface area contributed by atoms with Gasteiger partial charge in [-0.1, -0.05) is 12.1 Å². The van der Waals surface area contributed by atoms with Crippen molar-refractivity contribution in [1.29, 1.82) is 5.26 Å². The Labute approximate surface area is 159 Å². The number of methoxy groups -OCH3 is 1. The third-order valence-corrected chi connectivity index (χ3v) is 5.15. The molecule has 0 N–H and O–H groups in total. The zero-order chi connectivity index (χ0) is 19.4. The first-order valence-corrected chi connectivity index (χ1v) is 9.19. The predicted molar refractivity (Wildman–Crippen MR) is 103 cm³/mol. The quantitative estimate of drug-likeness (QED) is 0.774. The maximum atomic E-state index is 11.4. The third kappa shape index (κ3) is 4.25. The number of hydrogen-bond donors (Lipinski definition) is 0. The van der Waals surface area contributed by atoms with Crippen LogP contribution in [-0.4, -0.2) is 36.1 Å². The molecule has 0 unspecified atom stereocenters. The van der Waals surface area contributed by atoms with Crippen molar-refractivity contribution in [2.24, 2.45) is 5.92 Å². The topological polar surface area (TPSA) is 79.1 Å². The van der Waals surface area contributed by atoms with Crippen molar-refractivity contribution in [2.45, 2.75) is 33.1 Å². The number of esters is 1. The summed E-state index contributed by atoms with van der Waals surface area (Å²) in [5.74, 6) is 0.284. The van der Waals surface area contributed by atoms with Gasteiger partial charge in [0.15, 0.2) is 5.69 Å². The lowest BCUT2D eigenvalue weighted by Gasteiger charge is -2.33. The molecule has 1 aliphatic rings. The van der Waals surface area contributed by atoms with Crippen molar-refractivity contribution < 1.29 is 9.53 Å². The fourth-order valence-electron chi connectivity index (χ4n) is 3.55. The molecule has 1 aromatic carbocycles. The lowest BCUT2D eigenvalue weighted by atomic mass is 9.93. The summed E-state index contributed by atoms with van der Waals surface area (Å²) in [6.45, 7) is 5.58. The summed E-state index contributed by atoms with van der Waals surface area (Å²) < 4.78 is 4.77. The van der Waals surface area contributed by atoms with Crippen LogP contribution in [0.2, 0.25) is 0 Å². The number of hydrogen-bond acceptors (Lipinski definition) is 6. The molecular weight excluding hydrogens is 340 g/mol. The molecular formula is C21H24N4O2. The molecule has 1 fully saturated rings. The van der Waals surface area contributed by atoms with Crippen LogP contribution in [0.1, 0.15) is 36.3 Å². The van der Waals surface area contributed by atoms with Crippen LogP contribution in [0.4, 0.5) is 5.69 Å². The molecule has 0 bridgehead atoms. The van der Waals surface area contributed by atoms with Gasteiger partial charge in [0, 0.05) is 30.8 Å². The van der Waals surface area contributed by atoms with Crippen LogP contribution in [0.25, 0.3) is 11.3 Å². The van der Waals surface area contributed by atoms with Gasteiger partial charge in [0.1, 0.15) is 6.07 Å². The number of piperidine rings is 1. The highest BCUT2D eigenvalue weighted by atomic mass is 16.5. The van der Waals surface area contributed by atoms with Crippen molar-refractivity contribution in [1.82, 2.24) is 9.97 Å². The summed E-state index contributed by atoms with van der Waals surface area (Å²) in [6, 6.07) is 10.3. The number of nitriles is 1. The van der Waals surface area contributed by atoms with Gasteiger partial charge in [-0.2, -0.15) is 5.26 Å². The van der Waals surface area contributed by atoms with Gasteiger partial charge >= 0.3 is 5.97 Å². The van der Waals surface area contributed by atoms with Gasteiger partial charge < -0.3 is 9.64 Å². The lowest BCUT2D eigenvalue weighted by molar-refractivity contribution is -0.141. The third-order valence-electron chi connectivity index (χ3n) is 5.15. The van der Waals surface area contributed by atoms with Crippen LogP contribution in [0.5, 0.6) is 0 Å². The van der Waals surface area contributed by atoms with Gasteiger partial charge in [0.25, 0.3) is 0 Å². The van der Waals surface area contributed by atoms with E-state index < -0.39 is 0 Å². The molecule has 2 aromatic rings. The maximum Gasteiger partial charge on any atom is 0.305 e. The Balaban J connectivity index is 1.70. The highest BCUT2D eigenvalue weighted by molar-refractivity contribution is 5.69. The van der Waals surface area contributed by atoms with E-state index in [-0.39, 0.29) is 5.97 Å². The van der Waals surface area contributed by atoms with Crippen molar-refractivity contribution in [3.8, 4) is 17.3 Å². The van der Waals surface area contributed by atoms with E-state index in [0.29, 0.717) is 23.7 Å². The average Bonchev–Trinajstić information content (AvgIpc) is 2.69. The highest BCUT2D eigenvalue weighted by Gasteiger charge is 2.22. The molecule has 1 aliphatic heterocycles. The second-order valence-electron chi connectivity index (χ2n) is 6.96. The monoisotopic (exact) mass is 364 g/mol. The molecule has 0 saturated carbocycles. The molecule has 0 spiro atoms. The van der Waals surface area contributed by atoms with Gasteiger partial charge in [-0.25, -0.2) is 4.98 Å². The molecule has 0 amide bonds. The SMILES string of the molecule is COC(=O)CC1CCN(c2ccc(-c3nc(C#N)c(C)nc3C)cc2)CC1. The number of aromatic nitrogens is 2. The normalized spacial score (nSPS) is 14.7. The number of benzene rings is 1. The van der Waals surface area contributed by atoms with Crippen molar-refractivity contribution in [3.63, 3.8) is 0 Å². The standard InChI is InChI=1S/C21H24N4O2/c1-14-19(13-22)24-21(15(2)23-14)17-4-6-18(7-5-17)25-10-8-16(9-11-25)12-20(26)27-3/h4-7,16H,8-12H2,1-3H3. The highest BCUT2D eigenvalue weighted by Crippen LogP contribution is 2.28. The van der Waals surface area contributed by atoms with E-state index in [1.807, 2.05) is 19.1 Å². The predicted octanol–water partition coefficient (Wildman–Crippen LogP) is 3.41. The largest absolute Gasteiger partial charge is 0.469 e. The summed E-state index contributed by atoms with van der Waals surface area (Å²) in [6.07, 6.45) is 2.49. The Morgan fingerprint density at radius 1 is 1.19 bits per heavy atom. The van der Waals surface area contributed by atoms with E-state index in [4.69, 9.17) is 4.74 Å². The van der Waals surface area contributed by atoms with Crippen LogP contribution in [0, 0.1) is 31.1 Å². The Bertz CT molecular complexity index is 863. The summed E-state index contributed by atoms with van der Waals surface area (Å²) in [7, 11) is 1.44. The number of ether oxygens (including phenoxy) is 1. The number of carbonyl (C=O) groups is 1. The summed E-state index contributed by atoms with van der Waals surface area (Å²) in [5, 5.41) is 9.20. The first-order chi connectivity index (χ1) is 13.0. The van der Waals surface area contributed by atoms with Crippen LogP contribution >= 0.6 is 0 Å². The minimum Gasteiger partial charge on any atom is -0.469 e. The Morgan fingerprint density at radius 2 is 1.85 bits per heavy atom. The number of carbonyl (C=O) groups excluding carboxylic acids is 1. The summed E-state index contributed by atoms with van der Waals surface area (Å²) in [4.78, 5) is 22.7. The second kappa shape index (κ2) is 8.17. The average molecular weight is 364 g/mol. The summed E-state index contributed by atoms with van der Waals surface area (Å²) in [5.41, 5.74) is 4.72. The Hall–Kier alpha value is -2.94. The molecule has 6 nitrogen and oxygen atoms in total. The molecule has 6 heteroatoms. The molecule has 1 saturated heterocycles. The second-order valence-corrected chi connectivity index (χ2v) is 6.96. The Morgan fingerprint density at radius 3 is 2.44 bits per heavy atom. The number of aryl methyl sites for hydroxylation is 2. The molecule has 27 heavy (non-hydrogen) atoms. The molecule has 3 rings (SSSR count). The van der Waals surface area contributed by atoms with Gasteiger partial charge in [0.2, 0.25) is 0 Å². The minimum atomic E-state index is -0.121. The molecule has 2 heterocycles. The summed E-state index contributed by atoms with van der Waals surface area (Å²) >= 11 is 0. The number of nitrogens with zero attached hydrogens (tertiary/aromatic N) is 4. The fraction of sp³-hybridized carbons (Fsp3) is 0.429. The fourth-order valence-corrected chi connectivity index (χ4v) is 3.55. The minimum absolute atomic E-state index is 0.121. The van der Waals surface area contributed by atoms with Crippen molar-refractivity contribution in [3.05, 3.63) is 41.3 Å². The zero-order valence-electron chi connectivity index (χ0n) is 16.0. The molecule has 0 aliphatic carbocycles. The van der Waals surface area contributed by atoms with E-state index >= 15 is 0 Å². The zero-order valence-corrected chi connectivity index (χ0v) is 16.0. The maximum absolute atomic E-state index is 11.4. The van der Waals surface area contributed by atoms with E-state index in [9.17, 15) is 10.1 Å². The van der Waals surface area contributed by atoms with E-state index in [1.165, 1.54) is 7.11 Å². The van der Waals surface area contributed by atoms with Gasteiger partial charge in [-0.15, -0.1) is 0 Å². The van der Waals surface area contributed by atoms with Crippen molar-refractivity contribution in [2.75, 3.05) is 25.1 Å². The lowest BCUT2D eigenvalue weighted by Crippen LogP contribution is -2.34. The van der Waals surface area contributed by atoms with Crippen LogP contribution in [0.15, 0.2) is 24.3 Å². The van der Waals surface area contributed by atoms with Crippen LogP contribution < -0.4 is 4.90 Å². The van der Waals surface area contributed by atoms with Gasteiger partial charge in [-0.3, -0.25) is 9.78 Å². The van der Waals surface area contributed by atoms with Crippen LogP contribution in [-0.2, 0) is 9.53 Å². The van der Waals surface area contributed by atoms with E-state index in [0.717, 1.165) is 48.6 Å². The van der Waals surface area contributed by atoms with Gasteiger partial charge in [-0.05, 0) is 44.7 Å². The molecule has 0 radical (unpaired) electrons. The van der Waals surface area contributed by atoms with Crippen molar-refractivity contribution >= 4 is 11.7 Å². The smallest absolute Gasteiger partial charge is 0.305 e. The molecule has 1 aromatic heterocycles. The van der Waals surface area contributed by atoms with E-state index in [2.05, 4.69) is 33.1 Å². The number of rotatable bonds is 4. The van der Waals surface area contributed by atoms with Crippen LogP contribution in [0.3, 0.4) is 0 Å². The first-order valence-electron chi connectivity index (χ1n) is 9.19. The van der Waals surface area contributed by atoms with E-state index in [1.54, 1.807) is 6.92 Å². The Kier molecular flexibility index (Phi) is 5.70. The number of anilines is 1. The molecule has 140 valence electrons.